The van der Waals surface area contributed by atoms with Gasteiger partial charge in [0.05, 0.1) is 17.9 Å². The van der Waals surface area contributed by atoms with E-state index in [0.29, 0.717) is 13.2 Å². The molecule has 2 rings (SSSR count). The Hall–Kier alpha value is -2.21. The maximum absolute atomic E-state index is 14.3. The molecule has 0 radical (unpaired) electrons. The predicted molar refractivity (Wildman–Crippen MR) is 79.1 cm³/mol. The average molecular weight is 309 g/mol. The summed E-state index contributed by atoms with van der Waals surface area (Å²) in [6.07, 6.45) is 0. The summed E-state index contributed by atoms with van der Waals surface area (Å²) < 4.78 is 39.9. The van der Waals surface area contributed by atoms with Crippen LogP contribution in [0.15, 0.2) is 35.1 Å². The predicted octanol–water partition coefficient (Wildman–Crippen LogP) is 2.84. The van der Waals surface area contributed by atoms with Crippen molar-refractivity contribution in [3.8, 4) is 17.0 Å². The lowest BCUT2D eigenvalue weighted by molar-refractivity contribution is 0.146. The number of methoxy groups -OCH3 is 1. The summed E-state index contributed by atoms with van der Waals surface area (Å²) in [7, 11) is 1.51. The van der Waals surface area contributed by atoms with E-state index in [0.717, 1.165) is 12.1 Å². The Bertz CT molecular complexity index is 690. The van der Waals surface area contributed by atoms with Crippen LogP contribution in [-0.4, -0.2) is 24.9 Å². The van der Waals surface area contributed by atoms with Gasteiger partial charge in [-0.3, -0.25) is 4.79 Å². The lowest BCUT2D eigenvalue weighted by atomic mass is 10.1. The van der Waals surface area contributed by atoms with Gasteiger partial charge in [0, 0.05) is 31.9 Å². The van der Waals surface area contributed by atoms with Gasteiger partial charge in [-0.25, -0.2) is 8.78 Å². The minimum Gasteiger partial charge on any atom is -0.491 e. The van der Waals surface area contributed by atoms with Crippen LogP contribution in [0.3, 0.4) is 0 Å². The standard InChI is InChI=1S/C16H17F2NO3/c1-3-19-14(5-4-6-15(19)20)16-12(17)9-11(10-13(16)18)22-8-7-21-2/h4-6,9-10H,3,7-8H2,1-2H3. The van der Waals surface area contributed by atoms with Crippen molar-refractivity contribution in [1.29, 1.82) is 0 Å². The SMILES string of the molecule is CCn1c(-c2c(F)cc(OCCOC)cc2F)cccc1=O. The van der Waals surface area contributed by atoms with E-state index in [9.17, 15) is 13.6 Å². The number of rotatable bonds is 6. The normalized spacial score (nSPS) is 10.7. The van der Waals surface area contributed by atoms with Crippen LogP contribution in [0, 0.1) is 11.6 Å². The molecule has 0 fully saturated rings. The maximum Gasteiger partial charge on any atom is 0.250 e. The molecule has 118 valence electrons. The molecule has 0 saturated heterocycles. The third-order valence-corrected chi connectivity index (χ3v) is 3.19. The van der Waals surface area contributed by atoms with E-state index in [1.165, 1.54) is 29.9 Å². The van der Waals surface area contributed by atoms with Crippen molar-refractivity contribution in [2.24, 2.45) is 0 Å². The molecule has 0 spiro atoms. The van der Waals surface area contributed by atoms with E-state index >= 15 is 0 Å². The smallest absolute Gasteiger partial charge is 0.250 e. The van der Waals surface area contributed by atoms with Crippen LogP contribution in [0.5, 0.6) is 5.75 Å². The highest BCUT2D eigenvalue weighted by atomic mass is 19.1. The molecule has 6 heteroatoms. The van der Waals surface area contributed by atoms with E-state index in [-0.39, 0.29) is 29.2 Å². The van der Waals surface area contributed by atoms with Gasteiger partial charge < -0.3 is 14.0 Å². The number of pyridine rings is 1. The topological polar surface area (TPSA) is 40.5 Å². The minimum atomic E-state index is -0.778. The summed E-state index contributed by atoms with van der Waals surface area (Å²) in [5.74, 6) is -1.47. The van der Waals surface area contributed by atoms with Crippen molar-refractivity contribution in [1.82, 2.24) is 4.57 Å². The molecule has 0 aliphatic carbocycles. The van der Waals surface area contributed by atoms with E-state index in [1.807, 2.05) is 0 Å². The molecule has 0 aliphatic rings. The number of hydrogen-bond acceptors (Lipinski definition) is 3. The first-order chi connectivity index (χ1) is 10.6. The van der Waals surface area contributed by atoms with Gasteiger partial charge in [0.1, 0.15) is 24.0 Å². The van der Waals surface area contributed by atoms with Gasteiger partial charge in [-0.2, -0.15) is 0 Å². The number of hydrogen-bond donors (Lipinski definition) is 0. The first kappa shape index (κ1) is 16.2. The number of aromatic nitrogens is 1. The molecular weight excluding hydrogens is 292 g/mol. The monoisotopic (exact) mass is 309 g/mol. The van der Waals surface area contributed by atoms with Gasteiger partial charge in [-0.15, -0.1) is 0 Å². The second-order valence-corrected chi connectivity index (χ2v) is 4.60. The molecular formula is C16H17F2NO3. The summed E-state index contributed by atoms with van der Waals surface area (Å²) in [6.45, 7) is 2.57. The molecule has 22 heavy (non-hydrogen) atoms. The quantitative estimate of drug-likeness (QED) is 0.770. The summed E-state index contributed by atoms with van der Waals surface area (Å²) in [5.41, 5.74) is -0.341. The fraction of sp³-hybridized carbons (Fsp3) is 0.312. The molecule has 0 aliphatic heterocycles. The number of ether oxygens (including phenoxy) is 2. The van der Waals surface area contributed by atoms with Crippen molar-refractivity contribution >= 4 is 0 Å². The van der Waals surface area contributed by atoms with E-state index in [2.05, 4.69) is 0 Å². The molecule has 0 N–H and O–H groups in total. The summed E-state index contributed by atoms with van der Waals surface area (Å²) in [6, 6.07) is 6.55. The molecule has 0 unspecified atom stereocenters. The Balaban J connectivity index is 2.45. The van der Waals surface area contributed by atoms with Crippen LogP contribution >= 0.6 is 0 Å². The first-order valence-electron chi connectivity index (χ1n) is 6.89. The van der Waals surface area contributed by atoms with Crippen molar-refractivity contribution in [2.45, 2.75) is 13.5 Å². The van der Waals surface area contributed by atoms with Gasteiger partial charge >= 0.3 is 0 Å². The molecule has 1 heterocycles. The van der Waals surface area contributed by atoms with Gasteiger partial charge in [0.25, 0.3) is 5.56 Å². The second kappa shape index (κ2) is 7.17. The Morgan fingerprint density at radius 3 is 2.41 bits per heavy atom. The Kier molecular flexibility index (Phi) is 5.27. The fourth-order valence-corrected chi connectivity index (χ4v) is 2.19. The maximum atomic E-state index is 14.3. The van der Waals surface area contributed by atoms with Crippen LogP contribution in [0.25, 0.3) is 11.3 Å². The molecule has 2 aromatic rings. The molecule has 0 saturated carbocycles. The van der Waals surface area contributed by atoms with Crippen molar-refractivity contribution in [3.05, 3.63) is 52.3 Å². The number of benzene rings is 1. The van der Waals surface area contributed by atoms with Crippen molar-refractivity contribution < 1.29 is 18.3 Å². The van der Waals surface area contributed by atoms with Gasteiger partial charge in [-0.05, 0) is 13.0 Å². The van der Waals surface area contributed by atoms with E-state index in [1.54, 1.807) is 6.92 Å². The van der Waals surface area contributed by atoms with Crippen LogP contribution in [0.2, 0.25) is 0 Å². The zero-order valence-electron chi connectivity index (χ0n) is 12.4. The lowest BCUT2D eigenvalue weighted by Gasteiger charge is -2.13. The molecule has 0 atom stereocenters. The van der Waals surface area contributed by atoms with Gasteiger partial charge in [0.2, 0.25) is 0 Å². The highest BCUT2D eigenvalue weighted by molar-refractivity contribution is 5.62. The van der Waals surface area contributed by atoms with Crippen LogP contribution in [-0.2, 0) is 11.3 Å². The zero-order valence-corrected chi connectivity index (χ0v) is 12.4. The molecule has 1 aromatic carbocycles. The third-order valence-electron chi connectivity index (χ3n) is 3.19. The Morgan fingerprint density at radius 2 is 1.82 bits per heavy atom. The largest absolute Gasteiger partial charge is 0.491 e. The lowest BCUT2D eigenvalue weighted by Crippen LogP contribution is -2.20. The number of halogens is 2. The van der Waals surface area contributed by atoms with Crippen LogP contribution in [0.1, 0.15) is 6.92 Å². The Labute approximate surface area is 126 Å². The summed E-state index contributed by atoms with van der Waals surface area (Å²) in [5, 5.41) is 0. The molecule has 0 amide bonds. The number of nitrogens with zero attached hydrogens (tertiary/aromatic N) is 1. The average Bonchev–Trinajstić information content (AvgIpc) is 2.47. The third kappa shape index (κ3) is 3.33. The fourth-order valence-electron chi connectivity index (χ4n) is 2.19. The van der Waals surface area contributed by atoms with Crippen LogP contribution < -0.4 is 10.3 Å². The van der Waals surface area contributed by atoms with Crippen molar-refractivity contribution in [3.63, 3.8) is 0 Å². The molecule has 1 aromatic heterocycles. The van der Waals surface area contributed by atoms with Gasteiger partial charge in [-0.1, -0.05) is 6.07 Å². The highest BCUT2D eigenvalue weighted by Crippen LogP contribution is 2.29. The Morgan fingerprint density at radius 1 is 1.14 bits per heavy atom. The summed E-state index contributed by atoms with van der Waals surface area (Å²) >= 11 is 0. The van der Waals surface area contributed by atoms with Crippen molar-refractivity contribution in [2.75, 3.05) is 20.3 Å². The second-order valence-electron chi connectivity index (χ2n) is 4.60. The van der Waals surface area contributed by atoms with Crippen LogP contribution in [0.4, 0.5) is 8.78 Å². The zero-order chi connectivity index (χ0) is 16.1. The molecule has 0 bridgehead atoms. The van der Waals surface area contributed by atoms with E-state index in [4.69, 9.17) is 9.47 Å². The van der Waals surface area contributed by atoms with E-state index < -0.39 is 11.6 Å². The first-order valence-corrected chi connectivity index (χ1v) is 6.89. The summed E-state index contributed by atoms with van der Waals surface area (Å²) in [4.78, 5) is 11.8. The molecule has 4 nitrogen and oxygen atoms in total. The highest BCUT2D eigenvalue weighted by Gasteiger charge is 2.17. The van der Waals surface area contributed by atoms with Gasteiger partial charge in [0.15, 0.2) is 0 Å². The minimum absolute atomic E-state index is 0.0807.